The molecular weight excluding hydrogens is 354 g/mol. The normalized spacial score (nSPS) is 15.0. The summed E-state index contributed by atoms with van der Waals surface area (Å²) in [6.45, 7) is 6.16. The molecule has 0 atom stereocenters. The van der Waals surface area contributed by atoms with Crippen molar-refractivity contribution in [1.82, 2.24) is 19.2 Å². The topological polar surface area (TPSA) is 69.9 Å². The molecular formula is C21H23N5O2. The first-order chi connectivity index (χ1) is 13.7. The van der Waals surface area contributed by atoms with Crippen LogP contribution in [0, 0.1) is 0 Å². The zero-order valence-electron chi connectivity index (χ0n) is 15.8. The molecule has 0 saturated carbocycles. The van der Waals surface area contributed by atoms with Gasteiger partial charge in [0.2, 0.25) is 5.82 Å². The van der Waals surface area contributed by atoms with Crippen LogP contribution in [0.15, 0.2) is 54.7 Å². The third kappa shape index (κ3) is 3.48. The summed E-state index contributed by atoms with van der Waals surface area (Å²) in [4.78, 5) is 34.5. The molecule has 0 bridgehead atoms. The number of likely N-dealkylation sites (N-methyl/N-ethyl adjacent to an activating group) is 1. The van der Waals surface area contributed by atoms with Gasteiger partial charge in [0.25, 0.3) is 11.8 Å². The Hall–Kier alpha value is -3.19. The Kier molecular flexibility index (Phi) is 5.08. The van der Waals surface area contributed by atoms with Gasteiger partial charge in [-0.25, -0.2) is 4.98 Å². The van der Waals surface area contributed by atoms with Crippen LogP contribution in [0.1, 0.15) is 28.0 Å². The number of hydrogen-bond donors (Lipinski definition) is 1. The van der Waals surface area contributed by atoms with Gasteiger partial charge in [-0.1, -0.05) is 31.2 Å². The number of piperazine rings is 1. The lowest BCUT2D eigenvalue weighted by Crippen LogP contribution is -2.48. The fourth-order valence-electron chi connectivity index (χ4n) is 3.48. The maximum atomic E-state index is 13.1. The average Bonchev–Trinajstić information content (AvgIpc) is 3.14. The van der Waals surface area contributed by atoms with Crippen LogP contribution < -0.4 is 5.32 Å². The SMILES string of the molecule is CCN1CCN(C(=O)c2nc(C(=O)Nc3ccccc3)n3ccccc23)CC1. The van der Waals surface area contributed by atoms with Gasteiger partial charge in [0.15, 0.2) is 5.69 Å². The van der Waals surface area contributed by atoms with Crippen LogP contribution in [0.2, 0.25) is 0 Å². The number of amides is 2. The fourth-order valence-corrected chi connectivity index (χ4v) is 3.48. The molecule has 1 aromatic carbocycles. The molecule has 3 aromatic rings. The van der Waals surface area contributed by atoms with Crippen molar-refractivity contribution in [2.45, 2.75) is 6.92 Å². The number of para-hydroxylation sites is 1. The molecule has 1 N–H and O–H groups in total. The molecule has 7 nitrogen and oxygen atoms in total. The summed E-state index contributed by atoms with van der Waals surface area (Å²) in [5.74, 6) is -0.268. The number of nitrogens with one attached hydrogen (secondary N) is 1. The molecule has 144 valence electrons. The van der Waals surface area contributed by atoms with E-state index in [-0.39, 0.29) is 17.6 Å². The number of carbonyl (C=O) groups excluding carboxylic acids is 2. The lowest BCUT2D eigenvalue weighted by atomic mass is 10.2. The highest BCUT2D eigenvalue weighted by Gasteiger charge is 2.27. The maximum absolute atomic E-state index is 13.1. The minimum absolute atomic E-state index is 0.127. The molecule has 0 spiro atoms. The number of imidazole rings is 1. The first kappa shape index (κ1) is 18.2. The number of carbonyl (C=O) groups is 2. The van der Waals surface area contributed by atoms with E-state index < -0.39 is 0 Å². The first-order valence-corrected chi connectivity index (χ1v) is 9.52. The third-order valence-corrected chi connectivity index (χ3v) is 5.09. The van der Waals surface area contributed by atoms with Crippen molar-refractivity contribution in [1.29, 1.82) is 0 Å². The summed E-state index contributed by atoms with van der Waals surface area (Å²) >= 11 is 0. The van der Waals surface area contributed by atoms with Crippen molar-refractivity contribution in [2.75, 3.05) is 38.0 Å². The van der Waals surface area contributed by atoms with Crippen molar-refractivity contribution in [2.24, 2.45) is 0 Å². The molecule has 1 aliphatic heterocycles. The smallest absolute Gasteiger partial charge is 0.292 e. The third-order valence-electron chi connectivity index (χ3n) is 5.09. The van der Waals surface area contributed by atoms with Gasteiger partial charge >= 0.3 is 0 Å². The van der Waals surface area contributed by atoms with Gasteiger partial charge in [0.1, 0.15) is 0 Å². The monoisotopic (exact) mass is 377 g/mol. The van der Waals surface area contributed by atoms with Gasteiger partial charge in [-0.3, -0.25) is 14.0 Å². The summed E-state index contributed by atoms with van der Waals surface area (Å²) in [5.41, 5.74) is 1.65. The van der Waals surface area contributed by atoms with Crippen molar-refractivity contribution in [3.63, 3.8) is 0 Å². The van der Waals surface area contributed by atoms with Crippen LogP contribution in [0.4, 0.5) is 5.69 Å². The van der Waals surface area contributed by atoms with Gasteiger partial charge in [-0.15, -0.1) is 0 Å². The van der Waals surface area contributed by atoms with Crippen LogP contribution >= 0.6 is 0 Å². The summed E-state index contributed by atoms with van der Waals surface area (Å²) in [7, 11) is 0. The second-order valence-electron chi connectivity index (χ2n) is 6.79. The Bertz CT molecular complexity index is 990. The molecule has 2 amide bonds. The first-order valence-electron chi connectivity index (χ1n) is 9.52. The van der Waals surface area contributed by atoms with E-state index in [1.165, 1.54) is 0 Å². The Morgan fingerprint density at radius 3 is 2.43 bits per heavy atom. The van der Waals surface area contributed by atoms with Crippen LogP contribution in [0.25, 0.3) is 5.52 Å². The molecule has 4 rings (SSSR count). The molecule has 3 heterocycles. The van der Waals surface area contributed by atoms with E-state index in [1.54, 1.807) is 10.6 Å². The Balaban J connectivity index is 1.63. The highest BCUT2D eigenvalue weighted by atomic mass is 16.2. The maximum Gasteiger partial charge on any atom is 0.292 e. The molecule has 1 aliphatic rings. The molecule has 7 heteroatoms. The van der Waals surface area contributed by atoms with Crippen molar-refractivity contribution >= 4 is 23.0 Å². The highest BCUT2D eigenvalue weighted by molar-refractivity contribution is 6.06. The second-order valence-corrected chi connectivity index (χ2v) is 6.79. The van der Waals surface area contributed by atoms with Gasteiger partial charge in [-0.2, -0.15) is 0 Å². The van der Waals surface area contributed by atoms with Crippen LogP contribution in [0.3, 0.4) is 0 Å². The number of hydrogen-bond acceptors (Lipinski definition) is 4. The van der Waals surface area contributed by atoms with Crippen LogP contribution in [0.5, 0.6) is 0 Å². The van der Waals surface area contributed by atoms with E-state index in [4.69, 9.17) is 0 Å². The van der Waals surface area contributed by atoms with E-state index in [1.807, 2.05) is 53.4 Å². The molecule has 2 aromatic heterocycles. The van der Waals surface area contributed by atoms with Gasteiger partial charge in [0, 0.05) is 38.1 Å². The lowest BCUT2D eigenvalue weighted by molar-refractivity contribution is 0.0640. The average molecular weight is 377 g/mol. The number of pyridine rings is 1. The second kappa shape index (κ2) is 7.82. The molecule has 28 heavy (non-hydrogen) atoms. The Morgan fingerprint density at radius 2 is 1.71 bits per heavy atom. The predicted molar refractivity (Wildman–Crippen MR) is 108 cm³/mol. The summed E-state index contributed by atoms with van der Waals surface area (Å²) < 4.78 is 1.67. The predicted octanol–water partition coefficient (Wildman–Crippen LogP) is 2.36. The van der Waals surface area contributed by atoms with E-state index in [9.17, 15) is 9.59 Å². The lowest BCUT2D eigenvalue weighted by Gasteiger charge is -2.33. The summed E-state index contributed by atoms with van der Waals surface area (Å²) in [6.07, 6.45) is 1.76. The number of fused-ring (bicyclic) bond motifs is 1. The molecule has 1 fully saturated rings. The van der Waals surface area contributed by atoms with E-state index >= 15 is 0 Å². The minimum Gasteiger partial charge on any atom is -0.335 e. The number of anilines is 1. The standard InChI is InChI=1S/C21H23N5O2/c1-2-24-12-14-25(15-13-24)21(28)18-17-10-6-7-11-26(17)19(23-18)20(27)22-16-8-4-3-5-9-16/h3-11H,2,12-15H2,1H3,(H,22,27). The largest absolute Gasteiger partial charge is 0.335 e. The number of benzene rings is 1. The van der Waals surface area contributed by atoms with E-state index in [2.05, 4.69) is 22.1 Å². The fraction of sp³-hybridized carbons (Fsp3) is 0.286. The van der Waals surface area contributed by atoms with Gasteiger partial charge in [-0.05, 0) is 30.8 Å². The van der Waals surface area contributed by atoms with Crippen molar-refractivity contribution in [3.8, 4) is 0 Å². The number of nitrogens with zero attached hydrogens (tertiary/aromatic N) is 4. The highest BCUT2D eigenvalue weighted by Crippen LogP contribution is 2.18. The van der Waals surface area contributed by atoms with Crippen molar-refractivity contribution < 1.29 is 9.59 Å². The molecule has 0 radical (unpaired) electrons. The molecule has 0 unspecified atom stereocenters. The zero-order chi connectivity index (χ0) is 19.5. The van der Waals surface area contributed by atoms with Crippen LogP contribution in [-0.4, -0.2) is 63.7 Å². The summed E-state index contributed by atoms with van der Waals surface area (Å²) in [6, 6.07) is 14.7. The van der Waals surface area contributed by atoms with Crippen molar-refractivity contribution in [3.05, 3.63) is 66.2 Å². The minimum atomic E-state index is -0.345. The van der Waals surface area contributed by atoms with Gasteiger partial charge < -0.3 is 15.1 Å². The Labute approximate surface area is 163 Å². The van der Waals surface area contributed by atoms with Gasteiger partial charge in [0.05, 0.1) is 5.52 Å². The summed E-state index contributed by atoms with van der Waals surface area (Å²) in [5, 5.41) is 2.84. The number of aromatic nitrogens is 2. The molecule has 1 saturated heterocycles. The van der Waals surface area contributed by atoms with E-state index in [0.29, 0.717) is 30.0 Å². The number of rotatable bonds is 4. The quantitative estimate of drug-likeness (QED) is 0.758. The van der Waals surface area contributed by atoms with Crippen LogP contribution in [-0.2, 0) is 0 Å². The molecule has 0 aliphatic carbocycles. The Morgan fingerprint density at radius 1 is 1.00 bits per heavy atom. The zero-order valence-corrected chi connectivity index (χ0v) is 15.8. The van der Waals surface area contributed by atoms with E-state index in [0.717, 1.165) is 19.6 Å².